The minimum Gasteiger partial charge on any atom is -0.456 e. The van der Waals surface area contributed by atoms with Crippen LogP contribution in [0.5, 0.6) is 0 Å². The van der Waals surface area contributed by atoms with Gasteiger partial charge in [0.1, 0.15) is 33.5 Å². The summed E-state index contributed by atoms with van der Waals surface area (Å²) in [6.45, 7) is 0. The molecule has 0 unspecified atom stereocenters. The molecule has 0 radical (unpaired) electrons. The fourth-order valence-corrected chi connectivity index (χ4v) is 25.2. The molecular formula is C136H92BrCl2N3O3S2. The second-order valence-electron chi connectivity index (χ2n) is 37.2. The van der Waals surface area contributed by atoms with Gasteiger partial charge in [0, 0.05) is 136 Å². The van der Waals surface area contributed by atoms with Gasteiger partial charge in [-0.2, -0.15) is 0 Å². The molecule has 3 aromatic heterocycles. The fourth-order valence-electron chi connectivity index (χ4n) is 22.1. The van der Waals surface area contributed by atoms with Crippen molar-refractivity contribution in [3.05, 3.63) is 615 Å². The Morgan fingerprint density at radius 3 is 0.857 bits per heavy atom. The molecule has 22 aromatic carbocycles. The lowest BCUT2D eigenvalue weighted by molar-refractivity contribution is 0.668. The molecule has 0 atom stereocenters. The van der Waals surface area contributed by atoms with Crippen molar-refractivity contribution in [2.75, 3.05) is 14.7 Å². The molecule has 0 bridgehead atoms. The van der Waals surface area contributed by atoms with Crippen LogP contribution in [-0.4, -0.2) is 0 Å². The molecule has 2 aliphatic carbocycles. The number of anilines is 9. The van der Waals surface area contributed by atoms with Gasteiger partial charge in [-0.15, -0.1) is 0 Å². The summed E-state index contributed by atoms with van der Waals surface area (Å²) in [6.07, 6.45) is 1.97. The lowest BCUT2D eigenvalue weighted by Gasteiger charge is -2.40. The molecule has 29 rings (SSSR count). The van der Waals surface area contributed by atoms with Gasteiger partial charge in [0.2, 0.25) is 0 Å². The zero-order valence-electron chi connectivity index (χ0n) is 79.7. The van der Waals surface area contributed by atoms with Gasteiger partial charge in [0.05, 0.1) is 10.8 Å². The van der Waals surface area contributed by atoms with E-state index < -0.39 is 5.41 Å². The highest BCUT2D eigenvalue weighted by atomic mass is 79.9. The lowest BCUT2D eigenvalue weighted by Crippen LogP contribution is -2.32. The monoisotopic (exact) mass is 2030 g/mol. The van der Waals surface area contributed by atoms with Crippen molar-refractivity contribution in [2.24, 2.45) is 0 Å². The smallest absolute Gasteiger partial charge is 0.137 e. The van der Waals surface area contributed by atoms with Crippen LogP contribution < -0.4 is 14.7 Å². The van der Waals surface area contributed by atoms with Gasteiger partial charge in [-0.1, -0.05) is 390 Å². The fraction of sp³-hybridized carbons (Fsp3) is 0.0294. The molecule has 6 nitrogen and oxygen atoms in total. The second kappa shape index (κ2) is 39.8. The van der Waals surface area contributed by atoms with E-state index in [9.17, 15) is 0 Å². The summed E-state index contributed by atoms with van der Waals surface area (Å²) in [4.78, 5) is 12.2. The quantitative estimate of drug-likeness (QED) is 0.113. The van der Waals surface area contributed by atoms with Crippen LogP contribution >= 0.6 is 62.7 Å². The third kappa shape index (κ3) is 17.2. The van der Waals surface area contributed by atoms with E-state index in [1.54, 1.807) is 0 Å². The van der Waals surface area contributed by atoms with Crippen molar-refractivity contribution in [2.45, 2.75) is 43.3 Å². The zero-order chi connectivity index (χ0) is 98.3. The Labute approximate surface area is 880 Å². The van der Waals surface area contributed by atoms with Crippen LogP contribution in [-0.2, 0) is 23.7 Å². The van der Waals surface area contributed by atoms with Crippen molar-refractivity contribution in [1.29, 1.82) is 0 Å². The minimum absolute atomic E-state index is 0.281. The topological polar surface area (TPSA) is 49.1 Å². The summed E-state index contributed by atoms with van der Waals surface area (Å²) in [5, 5.41) is 7.88. The molecule has 0 fully saturated rings. The molecule has 4 aliphatic rings. The Hall–Kier alpha value is -16.6. The van der Waals surface area contributed by atoms with Crippen molar-refractivity contribution in [3.8, 4) is 22.3 Å². The Bertz CT molecular complexity index is 8980. The number of hydrogen-bond donors (Lipinski definition) is 0. The Morgan fingerprint density at radius 1 is 0.190 bits per heavy atom. The van der Waals surface area contributed by atoms with Gasteiger partial charge >= 0.3 is 0 Å². The number of benzene rings is 22. The number of fused-ring (bicyclic) bond motifs is 27. The highest BCUT2D eigenvalue weighted by molar-refractivity contribution is 9.10. The molecule has 147 heavy (non-hydrogen) atoms. The Balaban J connectivity index is 0.000000107. The lowest BCUT2D eigenvalue weighted by atomic mass is 9.67. The van der Waals surface area contributed by atoms with Crippen LogP contribution in [0.15, 0.2) is 571 Å². The van der Waals surface area contributed by atoms with E-state index in [1.807, 2.05) is 90.3 Å². The van der Waals surface area contributed by atoms with Gasteiger partial charge in [-0.25, -0.2) is 0 Å². The van der Waals surface area contributed by atoms with Gasteiger partial charge in [0.15, 0.2) is 0 Å². The van der Waals surface area contributed by atoms with Crippen LogP contribution in [0.4, 0.5) is 51.2 Å². The first-order valence-corrected chi connectivity index (χ1v) is 52.6. The van der Waals surface area contributed by atoms with Crippen molar-refractivity contribution < 1.29 is 13.3 Å². The summed E-state index contributed by atoms with van der Waals surface area (Å²) in [5.41, 5.74) is 35.8. The van der Waals surface area contributed by atoms with Crippen molar-refractivity contribution in [3.63, 3.8) is 0 Å². The van der Waals surface area contributed by atoms with Crippen LogP contribution in [0.25, 0.3) is 88.1 Å². The summed E-state index contributed by atoms with van der Waals surface area (Å²) in [5.74, 6) is 0. The molecule has 2 spiro atoms. The average molecular weight is 2030 g/mol. The SMILES string of the molecule is Clc1ccc2c(c1)oc1ccc(Br)cc12.Clc1ccc2c(c1)oc1ccc(N(c3ccccc3)c3ccccc3)cc12.c1ccc(Cc2ccc3c(c2)C2(c4ccccc4Sc4ccccc42)c2ccccc2-3)cc1.c1ccc(Cc2ccccc2)cc1.c1ccc(N(c2ccc3c(c2)C2(c4ccccc4Sc4ccccc42)c2ccccc2-3)c2ccc3c(c2)oc2ccc(N(c4ccccc4)c4ccccc4)cc23)cc1. The van der Waals surface area contributed by atoms with Gasteiger partial charge in [-0.3, -0.25) is 0 Å². The van der Waals surface area contributed by atoms with E-state index in [4.69, 9.17) is 36.5 Å². The number of halogens is 3. The molecule has 702 valence electrons. The molecular weight excluding hydrogens is 1940 g/mol. The molecule has 0 N–H and O–H groups in total. The predicted molar refractivity (Wildman–Crippen MR) is 617 cm³/mol. The maximum atomic E-state index is 6.70. The van der Waals surface area contributed by atoms with E-state index in [0.717, 1.165) is 134 Å². The largest absolute Gasteiger partial charge is 0.456 e. The zero-order valence-corrected chi connectivity index (χ0v) is 84.5. The maximum absolute atomic E-state index is 6.70. The van der Waals surface area contributed by atoms with E-state index in [0.29, 0.717) is 10.0 Å². The summed E-state index contributed by atoms with van der Waals surface area (Å²) < 4.78 is 19.4. The maximum Gasteiger partial charge on any atom is 0.137 e. The average Bonchev–Trinajstić information content (AvgIpc) is 1.53. The predicted octanol–water partition coefficient (Wildman–Crippen LogP) is 39.4. The number of furan rings is 3. The first-order chi connectivity index (χ1) is 72.6. The molecule has 0 saturated carbocycles. The van der Waals surface area contributed by atoms with E-state index in [1.165, 1.54) is 109 Å². The normalized spacial score (nSPS) is 12.6. The second-order valence-corrected chi connectivity index (χ2v) is 41.1. The summed E-state index contributed by atoms with van der Waals surface area (Å²) in [6, 6.07) is 189. The standard InChI is InChI=1S/C55H36N2OS.C32H22S.C24H16ClNO.C13H12.C12H6BrClO/c1-4-16-37(17-5-1)56(38-18-6-2-7-19-38)40-30-33-51-46(34-40)45-32-29-42(36-52(45)58-51)57(39-20-8-3-9-21-39)41-28-31-44-43-22-10-11-23-47(43)55(50(44)35-41)48-24-12-14-26-53(48)59-54-27-15-13-25-49(54)55;1-2-10-22(11-3-1)20-23-18-19-25-24-12-4-5-13-26(24)32(29(25)21-23)27-14-6-8-16-30(27)33-31-17-9-7-15-28(31)32;25-17-11-13-21-22-16-20(12-14-23(22)27-24(21)15-17)26(18-7-3-1-4-8-18)19-9-5-2-6-10-19;1-3-7-12(8-4-1)11-13-9-5-2-6-10-13;13-7-1-4-11-10(5-7)9-3-2-8(14)6-12(9)15-11/h1-36H;1-19,21H,20H2;1-16H;1-10H,11H2;1-6H. The Morgan fingerprint density at radius 2 is 0.463 bits per heavy atom. The molecule has 11 heteroatoms. The molecule has 5 heterocycles. The van der Waals surface area contributed by atoms with Crippen LogP contribution in [0, 0.1) is 0 Å². The van der Waals surface area contributed by atoms with Crippen LogP contribution in [0.2, 0.25) is 10.0 Å². The van der Waals surface area contributed by atoms with Gasteiger partial charge in [-0.05, 0) is 290 Å². The van der Waals surface area contributed by atoms with Gasteiger partial charge < -0.3 is 28.0 Å². The molecule has 25 aromatic rings. The van der Waals surface area contributed by atoms with E-state index in [2.05, 4.69) is 498 Å². The van der Waals surface area contributed by atoms with E-state index >= 15 is 0 Å². The highest BCUT2D eigenvalue weighted by Crippen LogP contribution is 2.65. The number of para-hydroxylation sites is 5. The van der Waals surface area contributed by atoms with Crippen LogP contribution in [0.3, 0.4) is 0 Å². The number of rotatable bonds is 13. The van der Waals surface area contributed by atoms with Crippen LogP contribution in [0.1, 0.15) is 66.8 Å². The minimum atomic E-state index is -0.462. The van der Waals surface area contributed by atoms with E-state index in [-0.39, 0.29) is 5.41 Å². The summed E-state index contributed by atoms with van der Waals surface area (Å²) in [7, 11) is 0. The first kappa shape index (κ1) is 91.6. The first-order valence-electron chi connectivity index (χ1n) is 49.4. The third-order valence-electron chi connectivity index (χ3n) is 28.4. The molecule has 0 amide bonds. The molecule has 0 saturated heterocycles. The number of hydrogen-bond acceptors (Lipinski definition) is 8. The summed E-state index contributed by atoms with van der Waals surface area (Å²) >= 11 is 19.3. The third-order valence-corrected chi connectivity index (χ3v) is 31.7. The Kier molecular flexibility index (Phi) is 24.8. The number of nitrogens with zero attached hydrogens (tertiary/aromatic N) is 3. The molecule has 2 aliphatic heterocycles. The van der Waals surface area contributed by atoms with Crippen molar-refractivity contribution in [1.82, 2.24) is 0 Å². The highest BCUT2D eigenvalue weighted by Gasteiger charge is 2.52. The van der Waals surface area contributed by atoms with Crippen molar-refractivity contribution >= 4 is 180 Å². The van der Waals surface area contributed by atoms with Gasteiger partial charge in [0.25, 0.3) is 0 Å².